The molecule has 5 N–H and O–H groups in total. The largest absolute Gasteiger partial charge is 0.396 e. The van der Waals surface area contributed by atoms with E-state index in [9.17, 15) is 15.3 Å². The van der Waals surface area contributed by atoms with Crippen LogP contribution in [0.4, 0.5) is 5.82 Å². The second-order valence-electron chi connectivity index (χ2n) is 4.94. The topological polar surface area (TPSA) is 117 Å². The first kappa shape index (κ1) is 12.3. The van der Waals surface area contributed by atoms with Crippen LogP contribution in [0.15, 0.2) is 18.6 Å². The average Bonchev–Trinajstić information content (AvgIpc) is 2.94. The van der Waals surface area contributed by atoms with E-state index in [-0.39, 0.29) is 18.6 Å². The number of imidazole rings is 1. The molecule has 1 fully saturated rings. The van der Waals surface area contributed by atoms with Crippen LogP contribution in [-0.2, 0) is 0 Å². The van der Waals surface area contributed by atoms with Crippen LogP contribution in [0.2, 0.25) is 0 Å². The van der Waals surface area contributed by atoms with Gasteiger partial charge >= 0.3 is 0 Å². The van der Waals surface area contributed by atoms with Crippen LogP contribution in [0.5, 0.6) is 0 Å². The fourth-order valence-electron chi connectivity index (χ4n) is 2.80. The van der Waals surface area contributed by atoms with Crippen molar-refractivity contribution in [2.24, 2.45) is 5.92 Å². The fourth-order valence-corrected chi connectivity index (χ4v) is 2.80. The van der Waals surface area contributed by atoms with Crippen LogP contribution in [0.3, 0.4) is 0 Å². The van der Waals surface area contributed by atoms with Crippen molar-refractivity contribution in [1.29, 1.82) is 0 Å². The number of aromatic nitrogens is 3. The molecule has 1 aliphatic rings. The van der Waals surface area contributed by atoms with Crippen molar-refractivity contribution >= 4 is 16.9 Å². The van der Waals surface area contributed by atoms with E-state index in [0.717, 1.165) is 5.52 Å². The van der Waals surface area contributed by atoms with Crippen molar-refractivity contribution < 1.29 is 15.3 Å². The van der Waals surface area contributed by atoms with E-state index in [1.54, 1.807) is 23.2 Å². The van der Waals surface area contributed by atoms with E-state index in [0.29, 0.717) is 17.8 Å². The van der Waals surface area contributed by atoms with Crippen LogP contribution in [0, 0.1) is 5.92 Å². The summed E-state index contributed by atoms with van der Waals surface area (Å²) in [6, 6.07) is 1.45. The molecule has 0 amide bonds. The van der Waals surface area contributed by atoms with Crippen LogP contribution in [0.25, 0.3) is 11.0 Å². The summed E-state index contributed by atoms with van der Waals surface area (Å²) in [5.74, 6) is 0.0135. The molecular weight excluding hydrogens is 248 g/mol. The predicted octanol–water partition coefficient (Wildman–Crippen LogP) is -0.711. The first-order chi connectivity index (χ1) is 9.13. The Labute approximate surface area is 109 Å². The van der Waals surface area contributed by atoms with Gasteiger partial charge in [-0.2, -0.15) is 0 Å². The maximum absolute atomic E-state index is 10.1. The molecule has 0 aromatic carbocycles. The Balaban J connectivity index is 2.04. The highest BCUT2D eigenvalue weighted by Crippen LogP contribution is 2.37. The number of aliphatic hydroxyl groups is 3. The summed E-state index contributed by atoms with van der Waals surface area (Å²) < 4.78 is 1.79. The van der Waals surface area contributed by atoms with Gasteiger partial charge in [-0.25, -0.2) is 9.97 Å². The highest BCUT2D eigenvalue weighted by atomic mass is 16.3. The molecule has 7 heteroatoms. The molecule has 3 rings (SSSR count). The lowest BCUT2D eigenvalue weighted by Crippen LogP contribution is -2.30. The number of nitrogen functional groups attached to an aromatic ring is 1. The minimum Gasteiger partial charge on any atom is -0.396 e. The first-order valence-corrected chi connectivity index (χ1v) is 6.17. The molecule has 2 unspecified atom stereocenters. The normalized spacial score (nSPS) is 31.1. The number of hydrogen-bond acceptors (Lipinski definition) is 6. The predicted molar refractivity (Wildman–Crippen MR) is 68.2 cm³/mol. The van der Waals surface area contributed by atoms with Gasteiger partial charge in [-0.05, 0) is 12.5 Å². The molecule has 1 saturated carbocycles. The number of nitrogens with zero attached hydrogens (tertiary/aromatic N) is 3. The summed E-state index contributed by atoms with van der Waals surface area (Å²) in [6.45, 7) is -0.148. The summed E-state index contributed by atoms with van der Waals surface area (Å²) >= 11 is 0. The number of fused-ring (bicyclic) bond motifs is 1. The number of anilines is 1. The number of aliphatic hydroxyl groups excluding tert-OH is 3. The van der Waals surface area contributed by atoms with Crippen molar-refractivity contribution in [2.45, 2.75) is 24.7 Å². The third-order valence-electron chi connectivity index (χ3n) is 3.88. The lowest BCUT2D eigenvalue weighted by molar-refractivity contribution is -0.00365. The van der Waals surface area contributed by atoms with Gasteiger partial charge in [0.05, 0.1) is 24.0 Å². The quantitative estimate of drug-likeness (QED) is 0.569. The number of rotatable bonds is 2. The second-order valence-corrected chi connectivity index (χ2v) is 4.94. The highest BCUT2D eigenvalue weighted by Gasteiger charge is 2.42. The summed E-state index contributed by atoms with van der Waals surface area (Å²) in [5, 5.41) is 29.2. The Kier molecular flexibility index (Phi) is 2.89. The third kappa shape index (κ3) is 1.78. The smallest absolute Gasteiger partial charge is 0.151 e. The van der Waals surface area contributed by atoms with E-state index in [2.05, 4.69) is 9.97 Å². The van der Waals surface area contributed by atoms with Gasteiger partial charge in [-0.1, -0.05) is 0 Å². The zero-order chi connectivity index (χ0) is 13.6. The lowest BCUT2D eigenvalue weighted by Gasteiger charge is -2.18. The molecule has 0 radical (unpaired) electrons. The molecule has 2 heterocycles. The fraction of sp³-hybridized carbons (Fsp3) is 0.500. The Morgan fingerprint density at radius 2 is 2.11 bits per heavy atom. The SMILES string of the molecule is Nc1nccc2c1ncn2C1CC(CO)[C@@H](O)[C@H]1O. The molecule has 2 aromatic heterocycles. The number of hydrogen-bond donors (Lipinski definition) is 4. The Bertz CT molecular complexity index is 600. The zero-order valence-electron chi connectivity index (χ0n) is 10.2. The molecule has 0 aliphatic heterocycles. The van der Waals surface area contributed by atoms with Gasteiger partial charge in [0.25, 0.3) is 0 Å². The van der Waals surface area contributed by atoms with Crippen LogP contribution >= 0.6 is 0 Å². The Morgan fingerprint density at radius 1 is 1.32 bits per heavy atom. The molecule has 1 aliphatic carbocycles. The summed E-state index contributed by atoms with van der Waals surface area (Å²) in [6.07, 6.45) is 1.81. The van der Waals surface area contributed by atoms with E-state index in [1.807, 2.05) is 0 Å². The van der Waals surface area contributed by atoms with Crippen molar-refractivity contribution in [1.82, 2.24) is 14.5 Å². The van der Waals surface area contributed by atoms with Gasteiger partial charge < -0.3 is 25.6 Å². The molecule has 0 saturated heterocycles. The standard InChI is InChI=1S/C12H16N4O3/c13-12-9-7(1-2-14-12)16(5-15-9)8-3-6(4-17)10(18)11(8)19/h1-2,5-6,8,10-11,17-19H,3-4H2,(H2,13,14)/t6?,8?,10-,11+/m1/s1. The molecular formula is C12H16N4O3. The van der Waals surface area contributed by atoms with Gasteiger partial charge in [0.15, 0.2) is 5.82 Å². The van der Waals surface area contributed by atoms with Gasteiger partial charge in [-0.3, -0.25) is 0 Å². The van der Waals surface area contributed by atoms with Crippen LogP contribution in [-0.4, -0.2) is 48.7 Å². The summed E-state index contributed by atoms with van der Waals surface area (Å²) in [7, 11) is 0. The second kappa shape index (κ2) is 4.44. The van der Waals surface area contributed by atoms with Crippen molar-refractivity contribution in [3.05, 3.63) is 18.6 Å². The zero-order valence-corrected chi connectivity index (χ0v) is 10.2. The van der Waals surface area contributed by atoms with Crippen molar-refractivity contribution in [2.75, 3.05) is 12.3 Å². The number of pyridine rings is 1. The van der Waals surface area contributed by atoms with Crippen LogP contribution < -0.4 is 5.73 Å². The monoisotopic (exact) mass is 264 g/mol. The van der Waals surface area contributed by atoms with Gasteiger partial charge in [0.2, 0.25) is 0 Å². The molecule has 102 valence electrons. The minimum atomic E-state index is -0.927. The molecule has 4 atom stereocenters. The van der Waals surface area contributed by atoms with E-state index in [4.69, 9.17) is 5.73 Å². The summed E-state index contributed by atoms with van der Waals surface area (Å²) in [5.41, 5.74) is 7.09. The highest BCUT2D eigenvalue weighted by molar-refractivity contribution is 5.84. The third-order valence-corrected chi connectivity index (χ3v) is 3.88. The molecule has 2 aromatic rings. The molecule has 7 nitrogen and oxygen atoms in total. The molecule has 0 bridgehead atoms. The Hall–Kier alpha value is -1.70. The van der Waals surface area contributed by atoms with Gasteiger partial charge in [0, 0.05) is 18.7 Å². The van der Waals surface area contributed by atoms with Gasteiger partial charge in [-0.15, -0.1) is 0 Å². The molecule has 0 spiro atoms. The average molecular weight is 264 g/mol. The maximum atomic E-state index is 10.1. The minimum absolute atomic E-state index is 0.148. The van der Waals surface area contributed by atoms with E-state index in [1.165, 1.54) is 0 Å². The van der Waals surface area contributed by atoms with E-state index < -0.39 is 12.2 Å². The number of nitrogens with two attached hydrogens (primary N) is 1. The van der Waals surface area contributed by atoms with Gasteiger partial charge in [0.1, 0.15) is 11.6 Å². The van der Waals surface area contributed by atoms with Crippen molar-refractivity contribution in [3.63, 3.8) is 0 Å². The molecule has 19 heavy (non-hydrogen) atoms. The van der Waals surface area contributed by atoms with Crippen molar-refractivity contribution in [3.8, 4) is 0 Å². The maximum Gasteiger partial charge on any atom is 0.151 e. The summed E-state index contributed by atoms with van der Waals surface area (Å²) in [4.78, 5) is 8.16. The van der Waals surface area contributed by atoms with Crippen LogP contribution in [0.1, 0.15) is 12.5 Å². The Morgan fingerprint density at radius 3 is 2.79 bits per heavy atom. The lowest BCUT2D eigenvalue weighted by atomic mass is 10.1. The van der Waals surface area contributed by atoms with E-state index >= 15 is 0 Å². The first-order valence-electron chi connectivity index (χ1n) is 6.17.